The number of hydrogen-bond donors (Lipinski definition) is 2. The largest absolute Gasteiger partial charge is 0.351 e. The molecule has 0 aliphatic rings. The molecule has 0 aliphatic heterocycles. The summed E-state index contributed by atoms with van der Waals surface area (Å²) in [5.41, 5.74) is 1.28. The molecule has 0 spiro atoms. The number of imidazole rings is 1. The van der Waals surface area contributed by atoms with E-state index < -0.39 is 5.91 Å². The van der Waals surface area contributed by atoms with E-state index in [4.69, 9.17) is 11.6 Å². The smallest absolute Gasteiger partial charge is 0.292 e. The van der Waals surface area contributed by atoms with Gasteiger partial charge in [-0.2, -0.15) is 0 Å². The summed E-state index contributed by atoms with van der Waals surface area (Å²) in [6.45, 7) is 2.51. The molecule has 7 heteroatoms. The molecule has 1 aromatic carbocycles. The predicted molar refractivity (Wildman–Crippen MR) is 97.2 cm³/mol. The van der Waals surface area contributed by atoms with Crippen molar-refractivity contribution in [1.29, 1.82) is 0 Å². The number of aromatic nitrogens is 2. The van der Waals surface area contributed by atoms with Gasteiger partial charge in [-0.05, 0) is 30.7 Å². The van der Waals surface area contributed by atoms with E-state index >= 15 is 0 Å². The second-order valence-corrected chi connectivity index (χ2v) is 5.84. The first-order chi connectivity index (χ1) is 12.1. The summed E-state index contributed by atoms with van der Waals surface area (Å²) in [6.07, 6.45) is 2.51. The molecule has 6 nitrogen and oxygen atoms in total. The molecule has 2 N–H and O–H groups in total. The van der Waals surface area contributed by atoms with Crippen LogP contribution in [0.2, 0.25) is 5.02 Å². The highest BCUT2D eigenvalue weighted by atomic mass is 35.5. The van der Waals surface area contributed by atoms with Crippen LogP contribution in [-0.2, 0) is 0 Å². The molecule has 0 saturated carbocycles. The molecular weight excluding hydrogens is 340 g/mol. The summed E-state index contributed by atoms with van der Waals surface area (Å²) >= 11 is 6.08. The van der Waals surface area contributed by atoms with Gasteiger partial charge in [-0.1, -0.05) is 36.7 Å². The van der Waals surface area contributed by atoms with Crippen LogP contribution in [0.3, 0.4) is 0 Å². The number of nitrogens with one attached hydrogen (secondary N) is 2. The molecule has 3 rings (SSSR count). The third-order valence-electron chi connectivity index (χ3n) is 3.62. The lowest BCUT2D eigenvalue weighted by Gasteiger charge is -2.06. The minimum atomic E-state index is -0.441. The quantitative estimate of drug-likeness (QED) is 0.735. The molecule has 0 bridgehead atoms. The highest BCUT2D eigenvalue weighted by molar-refractivity contribution is 6.33. The molecule has 2 aromatic heterocycles. The predicted octanol–water partition coefficient (Wildman–Crippen LogP) is 3.38. The van der Waals surface area contributed by atoms with Crippen molar-refractivity contribution in [3.63, 3.8) is 0 Å². The number of carbonyl (C=O) groups is 2. The SMILES string of the molecule is CCCNC(=O)c1nc(C(=O)Nc2ccccc2Cl)n2ccccc12. The summed E-state index contributed by atoms with van der Waals surface area (Å²) < 4.78 is 1.59. The fourth-order valence-corrected chi connectivity index (χ4v) is 2.61. The van der Waals surface area contributed by atoms with Crippen molar-refractivity contribution < 1.29 is 9.59 Å². The molecule has 0 radical (unpaired) electrons. The van der Waals surface area contributed by atoms with E-state index in [-0.39, 0.29) is 17.4 Å². The van der Waals surface area contributed by atoms with E-state index in [9.17, 15) is 9.59 Å². The zero-order valence-corrected chi connectivity index (χ0v) is 14.4. The second kappa shape index (κ2) is 7.36. The maximum absolute atomic E-state index is 12.6. The standard InChI is InChI=1S/C18H17ClN4O2/c1-2-10-20-17(24)15-14-9-5-6-11-23(14)16(22-15)18(25)21-13-8-4-3-7-12(13)19/h3-9,11H,2,10H2,1H3,(H,20,24)(H,21,25). The summed E-state index contributed by atoms with van der Waals surface area (Å²) in [6, 6.07) is 12.3. The van der Waals surface area contributed by atoms with Gasteiger partial charge in [-0.25, -0.2) is 4.98 Å². The number of para-hydroxylation sites is 1. The molecule has 128 valence electrons. The van der Waals surface area contributed by atoms with E-state index in [1.54, 1.807) is 53.1 Å². The van der Waals surface area contributed by atoms with Crippen LogP contribution < -0.4 is 10.6 Å². The number of rotatable bonds is 5. The molecule has 0 atom stereocenters. The van der Waals surface area contributed by atoms with Gasteiger partial charge in [0.1, 0.15) is 0 Å². The van der Waals surface area contributed by atoms with Crippen molar-refractivity contribution in [1.82, 2.24) is 14.7 Å². The van der Waals surface area contributed by atoms with Crippen molar-refractivity contribution in [2.45, 2.75) is 13.3 Å². The number of hydrogen-bond acceptors (Lipinski definition) is 3. The lowest BCUT2D eigenvalue weighted by atomic mass is 10.3. The average Bonchev–Trinajstić information content (AvgIpc) is 3.01. The second-order valence-electron chi connectivity index (χ2n) is 5.43. The molecule has 3 aromatic rings. The van der Waals surface area contributed by atoms with Crippen molar-refractivity contribution in [2.75, 3.05) is 11.9 Å². The lowest BCUT2D eigenvalue weighted by molar-refractivity contribution is 0.0951. The molecule has 2 amide bonds. The number of nitrogens with zero attached hydrogens (tertiary/aromatic N) is 2. The summed E-state index contributed by atoms with van der Waals surface area (Å²) in [4.78, 5) is 29.2. The Morgan fingerprint density at radius 3 is 2.64 bits per heavy atom. The number of carbonyl (C=O) groups excluding carboxylic acids is 2. The number of halogens is 1. The van der Waals surface area contributed by atoms with Crippen molar-refractivity contribution in [3.8, 4) is 0 Å². The minimum Gasteiger partial charge on any atom is -0.351 e. The molecule has 0 aliphatic carbocycles. The fourth-order valence-electron chi connectivity index (χ4n) is 2.43. The third kappa shape index (κ3) is 3.49. The van der Waals surface area contributed by atoms with Crippen LogP contribution in [0, 0.1) is 0 Å². The summed E-state index contributed by atoms with van der Waals surface area (Å²) in [5, 5.41) is 5.94. The van der Waals surface area contributed by atoms with Crippen LogP contribution in [0.1, 0.15) is 34.5 Å². The highest BCUT2D eigenvalue weighted by Crippen LogP contribution is 2.22. The highest BCUT2D eigenvalue weighted by Gasteiger charge is 2.21. The first-order valence-corrected chi connectivity index (χ1v) is 8.30. The van der Waals surface area contributed by atoms with Gasteiger partial charge in [0.15, 0.2) is 5.69 Å². The lowest BCUT2D eigenvalue weighted by Crippen LogP contribution is -2.24. The zero-order chi connectivity index (χ0) is 17.8. The fraction of sp³-hybridized carbons (Fsp3) is 0.167. The van der Waals surface area contributed by atoms with Crippen molar-refractivity contribution in [3.05, 3.63) is 65.2 Å². The van der Waals surface area contributed by atoms with E-state index in [0.29, 0.717) is 22.8 Å². The first kappa shape index (κ1) is 17.0. The van der Waals surface area contributed by atoms with Gasteiger partial charge in [-0.15, -0.1) is 0 Å². The Hall–Kier alpha value is -2.86. The van der Waals surface area contributed by atoms with Crippen LogP contribution in [-0.4, -0.2) is 27.7 Å². The van der Waals surface area contributed by atoms with Crippen LogP contribution >= 0.6 is 11.6 Å². The Kier molecular flexibility index (Phi) is 5.00. The number of anilines is 1. The normalized spacial score (nSPS) is 10.6. The first-order valence-electron chi connectivity index (χ1n) is 7.93. The van der Waals surface area contributed by atoms with Gasteiger partial charge in [0, 0.05) is 12.7 Å². The number of pyridine rings is 1. The summed E-state index contributed by atoms with van der Waals surface area (Å²) in [5.74, 6) is -0.622. The molecular formula is C18H17ClN4O2. The van der Waals surface area contributed by atoms with Gasteiger partial charge in [0.2, 0.25) is 5.82 Å². The van der Waals surface area contributed by atoms with Crippen molar-refractivity contribution in [2.24, 2.45) is 0 Å². The Morgan fingerprint density at radius 2 is 1.88 bits per heavy atom. The number of benzene rings is 1. The van der Waals surface area contributed by atoms with Crippen LogP contribution in [0.5, 0.6) is 0 Å². The topological polar surface area (TPSA) is 75.5 Å². The van der Waals surface area contributed by atoms with Crippen LogP contribution in [0.4, 0.5) is 5.69 Å². The molecule has 0 saturated heterocycles. The third-order valence-corrected chi connectivity index (χ3v) is 3.95. The molecule has 0 fully saturated rings. The van der Waals surface area contributed by atoms with E-state index in [1.807, 2.05) is 6.92 Å². The van der Waals surface area contributed by atoms with Gasteiger partial charge in [-0.3, -0.25) is 14.0 Å². The Labute approximate surface area is 149 Å². The monoisotopic (exact) mass is 356 g/mol. The number of amides is 2. The zero-order valence-electron chi connectivity index (χ0n) is 13.6. The summed E-state index contributed by atoms with van der Waals surface area (Å²) in [7, 11) is 0. The molecule has 25 heavy (non-hydrogen) atoms. The Bertz CT molecular complexity index is 936. The van der Waals surface area contributed by atoms with E-state index in [1.165, 1.54) is 0 Å². The molecule has 0 unspecified atom stereocenters. The maximum Gasteiger partial charge on any atom is 0.292 e. The Balaban J connectivity index is 1.97. The van der Waals surface area contributed by atoms with Crippen LogP contribution in [0.25, 0.3) is 5.52 Å². The van der Waals surface area contributed by atoms with E-state index in [2.05, 4.69) is 15.6 Å². The van der Waals surface area contributed by atoms with E-state index in [0.717, 1.165) is 6.42 Å². The average molecular weight is 357 g/mol. The van der Waals surface area contributed by atoms with Gasteiger partial charge < -0.3 is 10.6 Å². The Morgan fingerprint density at radius 1 is 1.12 bits per heavy atom. The maximum atomic E-state index is 12.6. The van der Waals surface area contributed by atoms with Crippen molar-refractivity contribution >= 4 is 34.6 Å². The number of fused-ring (bicyclic) bond motifs is 1. The van der Waals surface area contributed by atoms with Gasteiger partial charge in [0.25, 0.3) is 11.8 Å². The van der Waals surface area contributed by atoms with Gasteiger partial charge in [0.05, 0.1) is 16.2 Å². The molecule has 2 heterocycles. The van der Waals surface area contributed by atoms with Gasteiger partial charge >= 0.3 is 0 Å². The minimum absolute atomic E-state index is 0.122. The van der Waals surface area contributed by atoms with Crippen LogP contribution in [0.15, 0.2) is 48.7 Å².